The zero-order valence-electron chi connectivity index (χ0n) is 26.3. The van der Waals surface area contributed by atoms with Crippen LogP contribution in [0.4, 0.5) is 0 Å². The predicted molar refractivity (Wildman–Crippen MR) is 193 cm³/mol. The minimum absolute atomic E-state index is 0.624. The topological polar surface area (TPSA) is 77.3 Å². The van der Waals surface area contributed by atoms with Crippen molar-refractivity contribution in [1.29, 1.82) is 0 Å². The van der Waals surface area contributed by atoms with E-state index in [2.05, 4.69) is 101 Å². The molecule has 48 heavy (non-hydrogen) atoms. The van der Waals surface area contributed by atoms with Crippen molar-refractivity contribution in [3.63, 3.8) is 0 Å². The summed E-state index contributed by atoms with van der Waals surface area (Å²) in [6, 6.07) is 43.5. The molecular weight excluding hydrogens is 589 g/mol. The molecule has 0 saturated carbocycles. The first kappa shape index (κ1) is 29.0. The molecule has 0 aliphatic carbocycles. The number of fused-ring (bicyclic) bond motifs is 1. The lowest BCUT2D eigenvalue weighted by molar-refractivity contribution is 1.14. The van der Waals surface area contributed by atoms with Gasteiger partial charge in [-0.15, -0.1) is 0 Å². The van der Waals surface area contributed by atoms with Gasteiger partial charge in [-0.1, -0.05) is 79.7 Å². The van der Waals surface area contributed by atoms with Crippen molar-refractivity contribution in [2.75, 3.05) is 0 Å². The third-order valence-electron chi connectivity index (χ3n) is 8.48. The van der Waals surface area contributed by atoms with Crippen LogP contribution in [0.5, 0.6) is 0 Å². The Morgan fingerprint density at radius 2 is 1.12 bits per heavy atom. The fourth-order valence-electron chi connectivity index (χ4n) is 5.92. The smallest absolute Gasteiger partial charge is 0.160 e. The van der Waals surface area contributed by atoms with Gasteiger partial charge >= 0.3 is 0 Å². The summed E-state index contributed by atoms with van der Waals surface area (Å²) in [4.78, 5) is 28.7. The van der Waals surface area contributed by atoms with Gasteiger partial charge in [0.1, 0.15) is 0 Å². The maximum Gasteiger partial charge on any atom is 0.160 e. The van der Waals surface area contributed by atoms with Crippen LogP contribution in [0.2, 0.25) is 0 Å². The van der Waals surface area contributed by atoms with Crippen LogP contribution in [0.3, 0.4) is 0 Å². The molecule has 0 spiro atoms. The molecule has 4 aromatic carbocycles. The zero-order valence-corrected chi connectivity index (χ0v) is 26.3. The number of aryl methyl sites for hydroxylation is 1. The largest absolute Gasteiger partial charge is 0.255 e. The van der Waals surface area contributed by atoms with Crippen LogP contribution in [0.15, 0.2) is 152 Å². The maximum absolute atomic E-state index is 5.25. The van der Waals surface area contributed by atoms with E-state index in [1.54, 1.807) is 18.6 Å². The van der Waals surface area contributed by atoms with Gasteiger partial charge in [-0.05, 0) is 83.3 Å². The number of hydrogen-bond donors (Lipinski definition) is 0. The molecule has 6 heteroatoms. The van der Waals surface area contributed by atoms with Gasteiger partial charge in [0.15, 0.2) is 11.6 Å². The summed E-state index contributed by atoms with van der Waals surface area (Å²) >= 11 is 0. The minimum Gasteiger partial charge on any atom is -0.255 e. The minimum atomic E-state index is 0.624. The molecule has 0 saturated heterocycles. The average Bonchev–Trinajstić information content (AvgIpc) is 3.18. The first-order valence-electron chi connectivity index (χ1n) is 16.0. The average molecular weight is 619 g/mol. The molecule has 228 valence electrons. The van der Waals surface area contributed by atoms with E-state index < -0.39 is 0 Å². The molecule has 0 fully saturated rings. The first-order chi connectivity index (χ1) is 23.7. The van der Waals surface area contributed by atoms with Gasteiger partial charge in [-0.3, -0.25) is 9.97 Å². The normalized spacial score (nSPS) is 11.1. The Kier molecular flexibility index (Phi) is 7.73. The highest BCUT2D eigenvalue weighted by Crippen LogP contribution is 2.35. The second-order valence-electron chi connectivity index (χ2n) is 11.6. The Morgan fingerprint density at radius 1 is 0.438 bits per heavy atom. The fourth-order valence-corrected chi connectivity index (χ4v) is 5.92. The summed E-state index contributed by atoms with van der Waals surface area (Å²) < 4.78 is 0. The first-order valence-corrected chi connectivity index (χ1v) is 16.0. The van der Waals surface area contributed by atoms with E-state index in [1.165, 1.54) is 11.1 Å². The van der Waals surface area contributed by atoms with E-state index in [0.29, 0.717) is 11.6 Å². The van der Waals surface area contributed by atoms with Crippen LogP contribution >= 0.6 is 0 Å². The molecule has 4 heterocycles. The van der Waals surface area contributed by atoms with Crippen LogP contribution in [0.25, 0.3) is 78.6 Å². The van der Waals surface area contributed by atoms with Gasteiger partial charge in [0, 0.05) is 52.4 Å². The Bertz CT molecular complexity index is 2340. The number of benzene rings is 4. The third kappa shape index (κ3) is 5.83. The van der Waals surface area contributed by atoms with Gasteiger partial charge in [-0.25, -0.2) is 19.9 Å². The molecule has 0 N–H and O–H groups in total. The number of nitrogens with zero attached hydrogens (tertiary/aromatic N) is 6. The Labute approximate surface area is 279 Å². The molecule has 0 aliphatic heterocycles. The molecule has 0 bridgehead atoms. The summed E-state index contributed by atoms with van der Waals surface area (Å²) in [6.07, 6.45) is 8.18. The molecular formula is C42H30N6. The number of hydrogen-bond acceptors (Lipinski definition) is 6. The monoisotopic (exact) mass is 618 g/mol. The van der Waals surface area contributed by atoms with E-state index in [1.807, 2.05) is 54.7 Å². The Morgan fingerprint density at radius 3 is 1.85 bits per heavy atom. The second kappa shape index (κ2) is 12.8. The zero-order chi connectivity index (χ0) is 32.3. The summed E-state index contributed by atoms with van der Waals surface area (Å²) in [5.74, 6) is 1.25. The summed E-state index contributed by atoms with van der Waals surface area (Å²) in [7, 11) is 0. The molecule has 6 nitrogen and oxygen atoms in total. The quantitative estimate of drug-likeness (QED) is 0.177. The van der Waals surface area contributed by atoms with E-state index in [9.17, 15) is 0 Å². The van der Waals surface area contributed by atoms with Crippen molar-refractivity contribution >= 4 is 10.9 Å². The number of rotatable bonds is 7. The molecule has 4 aromatic heterocycles. The summed E-state index contributed by atoms with van der Waals surface area (Å²) in [6.45, 7) is 2.17. The van der Waals surface area contributed by atoms with Crippen LogP contribution < -0.4 is 0 Å². The van der Waals surface area contributed by atoms with Gasteiger partial charge in [0.25, 0.3) is 0 Å². The highest BCUT2D eigenvalue weighted by atomic mass is 14.9. The van der Waals surface area contributed by atoms with E-state index in [0.717, 1.165) is 67.8 Å². The molecule has 8 rings (SSSR count). The van der Waals surface area contributed by atoms with E-state index in [-0.39, 0.29) is 0 Å². The summed E-state index contributed by atoms with van der Waals surface area (Å²) in [5, 5.41) is 0.999. The van der Waals surface area contributed by atoms with Crippen molar-refractivity contribution < 1.29 is 0 Å². The predicted octanol–water partition coefficient (Wildman–Crippen LogP) is 9.77. The highest BCUT2D eigenvalue weighted by molar-refractivity contribution is 5.96. The van der Waals surface area contributed by atoms with Crippen molar-refractivity contribution in [2.45, 2.75) is 13.3 Å². The SMILES string of the molecule is CCc1ccc(-c2ccc3nc(-c4cc(-c5ccc(-c6ccccn6)nc5)cc(-c5ncccn5)c4)nc(-c4ccccc4)c3c2)cc1. The summed E-state index contributed by atoms with van der Waals surface area (Å²) in [5.41, 5.74) is 11.7. The van der Waals surface area contributed by atoms with Crippen molar-refractivity contribution in [3.05, 3.63) is 158 Å². The highest BCUT2D eigenvalue weighted by Gasteiger charge is 2.16. The van der Waals surface area contributed by atoms with Crippen molar-refractivity contribution in [1.82, 2.24) is 29.9 Å². The molecule has 0 amide bonds. The number of pyridine rings is 2. The molecule has 0 radical (unpaired) electrons. The number of aromatic nitrogens is 6. The fraction of sp³-hybridized carbons (Fsp3) is 0.0476. The van der Waals surface area contributed by atoms with E-state index in [4.69, 9.17) is 15.0 Å². The van der Waals surface area contributed by atoms with E-state index >= 15 is 0 Å². The van der Waals surface area contributed by atoms with Gasteiger partial charge in [0.2, 0.25) is 0 Å². The lowest BCUT2D eigenvalue weighted by Gasteiger charge is -2.13. The van der Waals surface area contributed by atoms with Gasteiger partial charge in [-0.2, -0.15) is 0 Å². The van der Waals surface area contributed by atoms with Crippen molar-refractivity contribution in [2.24, 2.45) is 0 Å². The van der Waals surface area contributed by atoms with Gasteiger partial charge in [0.05, 0.1) is 22.6 Å². The maximum atomic E-state index is 5.25. The van der Waals surface area contributed by atoms with Crippen LogP contribution in [0.1, 0.15) is 12.5 Å². The lowest BCUT2D eigenvalue weighted by Crippen LogP contribution is -1.97. The van der Waals surface area contributed by atoms with Crippen LogP contribution in [-0.2, 0) is 6.42 Å². The third-order valence-corrected chi connectivity index (χ3v) is 8.48. The Balaban J connectivity index is 1.29. The molecule has 8 aromatic rings. The molecule has 0 aliphatic rings. The molecule has 0 unspecified atom stereocenters. The standard InChI is InChI=1S/C42H30N6/c1-2-28-12-14-29(15-13-28)31-16-18-37-36(26-31)40(30-9-4-3-5-10-30)48-42(47-37)35-24-33(23-34(25-35)41-44-21-8-22-45-41)32-17-19-39(46-27-32)38-11-6-7-20-43-38/h3-27H,2H2,1H3. The van der Waals surface area contributed by atoms with Crippen LogP contribution in [-0.4, -0.2) is 29.9 Å². The Hall–Kier alpha value is -6.40. The lowest BCUT2D eigenvalue weighted by atomic mass is 9.97. The van der Waals surface area contributed by atoms with Crippen LogP contribution in [0, 0.1) is 0 Å². The van der Waals surface area contributed by atoms with Crippen molar-refractivity contribution in [3.8, 4) is 67.7 Å². The molecule has 0 atom stereocenters. The van der Waals surface area contributed by atoms with Gasteiger partial charge < -0.3 is 0 Å². The second-order valence-corrected chi connectivity index (χ2v) is 11.6.